The first-order valence-corrected chi connectivity index (χ1v) is 4.67. The van der Waals surface area contributed by atoms with Gasteiger partial charge in [-0.05, 0) is 25.5 Å². The molecule has 0 spiro atoms. The number of aromatic nitrogens is 2. The van der Waals surface area contributed by atoms with Crippen molar-refractivity contribution in [3.8, 4) is 11.3 Å². The molecule has 16 heavy (non-hydrogen) atoms. The molecule has 5 heteroatoms. The molecule has 0 radical (unpaired) electrons. The van der Waals surface area contributed by atoms with Crippen LogP contribution in [0.5, 0.6) is 0 Å². The molecule has 0 saturated carbocycles. The third-order valence-corrected chi connectivity index (χ3v) is 2.31. The Morgan fingerprint density at radius 1 is 1.06 bits per heavy atom. The number of halogens is 3. The highest BCUT2D eigenvalue weighted by atomic mass is 19.2. The Morgan fingerprint density at radius 3 is 2.31 bits per heavy atom. The lowest BCUT2D eigenvalue weighted by atomic mass is 10.1. The second kappa shape index (κ2) is 3.66. The fourth-order valence-electron chi connectivity index (χ4n) is 1.47. The number of H-pyrrole nitrogens is 1. The van der Waals surface area contributed by atoms with Crippen molar-refractivity contribution in [2.45, 2.75) is 13.8 Å². The maximum Gasteiger partial charge on any atom is 0.219 e. The number of rotatable bonds is 1. The molecule has 0 bridgehead atoms. The monoisotopic (exact) mass is 226 g/mol. The van der Waals surface area contributed by atoms with Gasteiger partial charge in [-0.2, -0.15) is 4.39 Å². The molecule has 1 aromatic carbocycles. The molecule has 0 amide bonds. The zero-order valence-corrected chi connectivity index (χ0v) is 8.74. The molecule has 0 atom stereocenters. The Morgan fingerprint density at radius 2 is 1.75 bits per heavy atom. The Kier molecular flexibility index (Phi) is 2.46. The minimum Gasteiger partial charge on any atom is -0.319 e. The number of nitrogens with zero attached hydrogens (tertiary/aromatic N) is 1. The summed E-state index contributed by atoms with van der Waals surface area (Å²) in [6, 6.07) is 2.70. The highest BCUT2D eigenvalue weighted by Gasteiger charge is 2.18. The van der Waals surface area contributed by atoms with E-state index < -0.39 is 17.6 Å². The van der Waals surface area contributed by atoms with Crippen LogP contribution in [-0.2, 0) is 0 Å². The van der Waals surface area contributed by atoms with E-state index in [1.54, 1.807) is 0 Å². The van der Waals surface area contributed by atoms with Gasteiger partial charge in [-0.3, -0.25) is 0 Å². The zero-order valence-electron chi connectivity index (χ0n) is 8.74. The molecule has 0 unspecified atom stereocenters. The van der Waals surface area contributed by atoms with Crippen LogP contribution in [0.25, 0.3) is 11.3 Å². The number of nitrogens with one attached hydrogen (secondary N) is 1. The lowest BCUT2D eigenvalue weighted by Crippen LogP contribution is -1.94. The molecule has 1 aromatic heterocycles. The van der Waals surface area contributed by atoms with Crippen LogP contribution in [0, 0.1) is 31.4 Å². The normalized spacial score (nSPS) is 10.8. The Labute approximate surface area is 90.1 Å². The molecule has 0 aliphatic rings. The number of aryl methyl sites for hydroxylation is 2. The van der Waals surface area contributed by atoms with E-state index in [0.29, 0.717) is 5.82 Å². The van der Waals surface area contributed by atoms with Crippen molar-refractivity contribution >= 4 is 0 Å². The summed E-state index contributed by atoms with van der Waals surface area (Å²) in [6.07, 6.45) is 0. The van der Waals surface area contributed by atoms with Crippen molar-refractivity contribution in [1.82, 2.24) is 9.97 Å². The summed E-state index contributed by atoms with van der Waals surface area (Å²) >= 11 is 0. The Bertz CT molecular complexity index is 546. The van der Waals surface area contributed by atoms with Crippen molar-refractivity contribution in [3.05, 3.63) is 41.1 Å². The van der Waals surface area contributed by atoms with E-state index in [-0.39, 0.29) is 16.8 Å². The number of benzene rings is 1. The van der Waals surface area contributed by atoms with Gasteiger partial charge in [-0.25, -0.2) is 13.8 Å². The van der Waals surface area contributed by atoms with Crippen molar-refractivity contribution in [3.63, 3.8) is 0 Å². The van der Waals surface area contributed by atoms with Gasteiger partial charge >= 0.3 is 0 Å². The summed E-state index contributed by atoms with van der Waals surface area (Å²) < 4.78 is 40.1. The average molecular weight is 226 g/mol. The third-order valence-electron chi connectivity index (χ3n) is 2.31. The minimum atomic E-state index is -1.08. The van der Waals surface area contributed by atoms with Crippen molar-refractivity contribution in [2.24, 2.45) is 0 Å². The number of imidazole rings is 1. The minimum absolute atomic E-state index is 0.175. The van der Waals surface area contributed by atoms with Crippen molar-refractivity contribution in [1.29, 1.82) is 0 Å². The summed E-state index contributed by atoms with van der Waals surface area (Å²) in [6.45, 7) is 2.98. The molecule has 0 fully saturated rings. The molecule has 1 heterocycles. The van der Waals surface area contributed by atoms with Gasteiger partial charge in [0.25, 0.3) is 0 Å². The van der Waals surface area contributed by atoms with E-state index in [1.165, 1.54) is 26.0 Å². The summed E-state index contributed by atoms with van der Waals surface area (Å²) in [7, 11) is 0. The van der Waals surface area contributed by atoms with Crippen LogP contribution in [0.2, 0.25) is 0 Å². The maximum atomic E-state index is 13.5. The van der Waals surface area contributed by atoms with E-state index in [1.807, 2.05) is 0 Å². The van der Waals surface area contributed by atoms with Gasteiger partial charge in [0, 0.05) is 5.56 Å². The summed E-state index contributed by atoms with van der Waals surface area (Å²) in [5, 5.41) is 0. The van der Waals surface area contributed by atoms with Gasteiger partial charge in [0.1, 0.15) is 11.5 Å². The molecule has 0 aliphatic carbocycles. The van der Waals surface area contributed by atoms with Gasteiger partial charge in [0.2, 0.25) is 5.95 Å². The summed E-state index contributed by atoms with van der Waals surface area (Å²) in [5.41, 5.74) is -0.201. The first-order chi connectivity index (χ1) is 7.50. The maximum absolute atomic E-state index is 13.5. The molecule has 2 nitrogen and oxygen atoms in total. The van der Waals surface area contributed by atoms with E-state index in [2.05, 4.69) is 9.97 Å². The number of hydrogen-bond acceptors (Lipinski definition) is 1. The van der Waals surface area contributed by atoms with Crippen LogP contribution in [0.4, 0.5) is 13.2 Å². The standard InChI is InChI=1S/C11H9F3N2/c1-5-3-4-7(9(13)8(5)12)10-11(14)16-6(2)15-10/h3-4H,1-2H3,(H,15,16). The molecule has 84 valence electrons. The van der Waals surface area contributed by atoms with Crippen LogP contribution in [0.15, 0.2) is 12.1 Å². The first-order valence-electron chi connectivity index (χ1n) is 4.67. The molecule has 2 rings (SSSR count). The van der Waals surface area contributed by atoms with Gasteiger partial charge in [-0.1, -0.05) is 6.07 Å². The number of hydrogen-bond donors (Lipinski definition) is 1. The predicted molar refractivity (Wildman–Crippen MR) is 53.4 cm³/mol. The quantitative estimate of drug-likeness (QED) is 0.795. The summed E-state index contributed by atoms with van der Waals surface area (Å²) in [5.74, 6) is -2.50. The van der Waals surface area contributed by atoms with Gasteiger partial charge in [0.15, 0.2) is 11.6 Å². The van der Waals surface area contributed by atoms with Crippen molar-refractivity contribution in [2.75, 3.05) is 0 Å². The number of aromatic amines is 1. The largest absolute Gasteiger partial charge is 0.319 e. The predicted octanol–water partition coefficient (Wildman–Crippen LogP) is 3.11. The average Bonchev–Trinajstić information content (AvgIpc) is 2.55. The lowest BCUT2D eigenvalue weighted by Gasteiger charge is -2.03. The van der Waals surface area contributed by atoms with E-state index in [0.717, 1.165) is 0 Å². The molecule has 2 aromatic rings. The van der Waals surface area contributed by atoms with Crippen LogP contribution >= 0.6 is 0 Å². The highest BCUT2D eigenvalue weighted by Crippen LogP contribution is 2.26. The van der Waals surface area contributed by atoms with Crippen LogP contribution in [0.1, 0.15) is 11.4 Å². The fraction of sp³-hybridized carbons (Fsp3) is 0.182. The Hall–Kier alpha value is -1.78. The highest BCUT2D eigenvalue weighted by molar-refractivity contribution is 5.60. The van der Waals surface area contributed by atoms with Gasteiger partial charge in [-0.15, -0.1) is 0 Å². The molecule has 0 saturated heterocycles. The topological polar surface area (TPSA) is 28.7 Å². The smallest absolute Gasteiger partial charge is 0.219 e. The molecular formula is C11H9F3N2. The Balaban J connectivity index is 2.65. The van der Waals surface area contributed by atoms with E-state index >= 15 is 0 Å². The third kappa shape index (κ3) is 1.58. The van der Waals surface area contributed by atoms with Gasteiger partial charge in [0.05, 0.1) is 0 Å². The van der Waals surface area contributed by atoms with Crippen LogP contribution in [0.3, 0.4) is 0 Å². The fourth-order valence-corrected chi connectivity index (χ4v) is 1.47. The van der Waals surface area contributed by atoms with E-state index in [9.17, 15) is 13.2 Å². The molecule has 0 aliphatic heterocycles. The second-order valence-corrected chi connectivity index (χ2v) is 3.54. The van der Waals surface area contributed by atoms with E-state index in [4.69, 9.17) is 0 Å². The molecule has 1 N–H and O–H groups in total. The second-order valence-electron chi connectivity index (χ2n) is 3.54. The SMILES string of the molecule is Cc1nc(-c2ccc(C)c(F)c2F)c(F)[nH]1. The lowest BCUT2D eigenvalue weighted by molar-refractivity contribution is 0.504. The van der Waals surface area contributed by atoms with Crippen LogP contribution in [-0.4, -0.2) is 9.97 Å². The van der Waals surface area contributed by atoms with Crippen molar-refractivity contribution < 1.29 is 13.2 Å². The molecular weight excluding hydrogens is 217 g/mol. The van der Waals surface area contributed by atoms with Gasteiger partial charge < -0.3 is 4.98 Å². The summed E-state index contributed by atoms with van der Waals surface area (Å²) in [4.78, 5) is 6.08. The zero-order chi connectivity index (χ0) is 11.9. The van der Waals surface area contributed by atoms with Crippen LogP contribution < -0.4 is 0 Å². The first kappa shape index (κ1) is 10.7.